The van der Waals surface area contributed by atoms with E-state index in [1.807, 2.05) is 0 Å². The highest BCUT2D eigenvalue weighted by Crippen LogP contribution is 2.37. The molecule has 1 saturated carbocycles. The molecule has 2 aromatic rings. The summed E-state index contributed by atoms with van der Waals surface area (Å²) in [5.41, 5.74) is 7.65. The van der Waals surface area contributed by atoms with E-state index in [1.165, 1.54) is 53.5 Å². The van der Waals surface area contributed by atoms with Crippen LogP contribution in [0.1, 0.15) is 62.6 Å². The molecule has 1 N–H and O–H groups in total. The van der Waals surface area contributed by atoms with Crippen LogP contribution in [0.2, 0.25) is 0 Å². The molecule has 2 unspecified atom stereocenters. The zero-order valence-electron chi connectivity index (χ0n) is 18.8. The second-order valence-electron chi connectivity index (χ2n) is 9.72. The third-order valence-electron chi connectivity index (χ3n) is 7.13. The van der Waals surface area contributed by atoms with E-state index in [9.17, 15) is 5.02 Å². The minimum Gasteiger partial charge on any atom is -0.496 e. The summed E-state index contributed by atoms with van der Waals surface area (Å²) in [5.74, 6) is 3.59. The summed E-state index contributed by atoms with van der Waals surface area (Å²) in [5, 5.41) is 9.42. The second kappa shape index (κ2) is 9.43. The topological polar surface area (TPSA) is 29.5 Å². The van der Waals surface area contributed by atoms with Crippen molar-refractivity contribution in [2.45, 2.75) is 58.8 Å². The molecule has 2 aliphatic carbocycles. The van der Waals surface area contributed by atoms with Crippen LogP contribution in [0.25, 0.3) is 17.2 Å². The van der Waals surface area contributed by atoms with E-state index >= 15 is 0 Å². The molecule has 0 amide bonds. The summed E-state index contributed by atoms with van der Waals surface area (Å²) >= 11 is 0. The molecule has 0 aliphatic heterocycles. The molecule has 158 valence electrons. The average Bonchev–Trinajstić information content (AvgIpc) is 2.76. The maximum absolute atomic E-state index is 9.42. The molecule has 0 heterocycles. The van der Waals surface area contributed by atoms with E-state index in [2.05, 4.69) is 56.3 Å². The second-order valence-corrected chi connectivity index (χ2v) is 9.72. The lowest BCUT2D eigenvalue weighted by Crippen LogP contribution is -2.20. The first kappa shape index (κ1) is 21.2. The first-order chi connectivity index (χ1) is 14.6. The molecule has 2 aliphatic rings. The van der Waals surface area contributed by atoms with Crippen LogP contribution in [-0.2, 0) is 12.8 Å². The molecule has 0 radical (unpaired) electrons. The highest BCUT2D eigenvalue weighted by molar-refractivity contribution is 6.38. The molecule has 2 aromatic carbocycles. The standard InChI is InChI=1S/C27H35BO2/c1-18-12-19(2)14-20(13-18)4-5-25-16-23(9-11-27(25)30-3)21-6-7-24-17-26(28-29)10-8-22(24)15-21/h6-7,9,11,15-20,28-29H,4-5,8,10,12-14H2,1-3H3. The summed E-state index contributed by atoms with van der Waals surface area (Å²) < 4.78 is 5.70. The Balaban J connectivity index is 1.53. The number of ether oxygens (including phenoxy) is 1. The molecule has 0 spiro atoms. The summed E-state index contributed by atoms with van der Waals surface area (Å²) in [6, 6.07) is 13.4. The average molecular weight is 402 g/mol. The van der Waals surface area contributed by atoms with Crippen LogP contribution in [0.5, 0.6) is 5.75 Å². The van der Waals surface area contributed by atoms with Gasteiger partial charge in [-0.25, -0.2) is 0 Å². The highest BCUT2D eigenvalue weighted by atomic mass is 16.5. The molecular formula is C27H35BO2. The Morgan fingerprint density at radius 2 is 1.70 bits per heavy atom. The number of fused-ring (bicyclic) bond motifs is 1. The maximum atomic E-state index is 9.42. The van der Waals surface area contributed by atoms with Gasteiger partial charge in [0.1, 0.15) is 5.75 Å². The lowest BCUT2D eigenvalue weighted by Gasteiger charge is -2.31. The fraction of sp³-hybridized carbons (Fsp3) is 0.481. The molecule has 30 heavy (non-hydrogen) atoms. The van der Waals surface area contributed by atoms with Crippen molar-refractivity contribution in [3.05, 3.63) is 58.6 Å². The molecule has 3 heteroatoms. The number of hydrogen-bond donors (Lipinski definition) is 1. The van der Waals surface area contributed by atoms with E-state index in [0.29, 0.717) is 0 Å². The summed E-state index contributed by atoms with van der Waals surface area (Å²) in [6.07, 6.45) is 10.6. The Bertz CT molecular complexity index is 907. The van der Waals surface area contributed by atoms with Gasteiger partial charge in [-0.1, -0.05) is 49.7 Å². The van der Waals surface area contributed by atoms with Gasteiger partial charge in [0.15, 0.2) is 0 Å². The lowest BCUT2D eigenvalue weighted by molar-refractivity contribution is 0.210. The van der Waals surface area contributed by atoms with Gasteiger partial charge in [0.25, 0.3) is 0 Å². The Labute approximate surface area is 182 Å². The van der Waals surface area contributed by atoms with Crippen LogP contribution < -0.4 is 4.74 Å². The molecule has 0 saturated heterocycles. The van der Waals surface area contributed by atoms with Crippen molar-refractivity contribution in [3.63, 3.8) is 0 Å². The number of aryl methyl sites for hydroxylation is 2. The first-order valence-corrected chi connectivity index (χ1v) is 11.7. The molecule has 1 fully saturated rings. The normalized spacial score (nSPS) is 23.5. The monoisotopic (exact) mass is 402 g/mol. The zero-order valence-corrected chi connectivity index (χ0v) is 18.8. The number of hydrogen-bond acceptors (Lipinski definition) is 2. The maximum Gasteiger partial charge on any atom is 0.300 e. The quantitative estimate of drug-likeness (QED) is 0.601. The molecule has 0 bridgehead atoms. The Morgan fingerprint density at radius 1 is 0.967 bits per heavy atom. The van der Waals surface area contributed by atoms with Crippen molar-refractivity contribution < 1.29 is 9.76 Å². The van der Waals surface area contributed by atoms with Crippen molar-refractivity contribution in [3.8, 4) is 16.9 Å². The third kappa shape index (κ3) is 4.83. The smallest absolute Gasteiger partial charge is 0.300 e. The van der Waals surface area contributed by atoms with E-state index in [0.717, 1.165) is 48.2 Å². The van der Waals surface area contributed by atoms with Gasteiger partial charge in [0.2, 0.25) is 0 Å². The van der Waals surface area contributed by atoms with Gasteiger partial charge in [-0.2, -0.15) is 0 Å². The van der Waals surface area contributed by atoms with Crippen LogP contribution in [0.15, 0.2) is 41.9 Å². The van der Waals surface area contributed by atoms with Gasteiger partial charge >= 0.3 is 7.48 Å². The Kier molecular flexibility index (Phi) is 6.68. The van der Waals surface area contributed by atoms with Gasteiger partial charge in [-0.15, -0.1) is 0 Å². The third-order valence-corrected chi connectivity index (χ3v) is 7.13. The SMILES string of the molecule is COc1ccc(-c2ccc3c(c2)CCC(BO)=C3)cc1CCC1CC(C)CC(C)C1. The number of rotatable bonds is 6. The van der Waals surface area contributed by atoms with Gasteiger partial charge in [-0.3, -0.25) is 0 Å². The molecule has 4 rings (SSSR count). The molecule has 2 atom stereocenters. The Hall–Kier alpha value is -2.00. The van der Waals surface area contributed by atoms with Crippen molar-refractivity contribution >= 4 is 13.6 Å². The van der Waals surface area contributed by atoms with Crippen molar-refractivity contribution in [2.75, 3.05) is 7.11 Å². The van der Waals surface area contributed by atoms with Crippen LogP contribution in [0.3, 0.4) is 0 Å². The van der Waals surface area contributed by atoms with Crippen LogP contribution in [0.4, 0.5) is 0 Å². The van der Waals surface area contributed by atoms with Gasteiger partial charge in [0, 0.05) is 0 Å². The predicted octanol–water partition coefficient (Wildman–Crippen LogP) is 6.00. The molecule has 2 nitrogen and oxygen atoms in total. The summed E-state index contributed by atoms with van der Waals surface area (Å²) in [4.78, 5) is 0. The van der Waals surface area contributed by atoms with Crippen LogP contribution >= 0.6 is 0 Å². The van der Waals surface area contributed by atoms with E-state index in [1.54, 1.807) is 7.11 Å². The number of benzene rings is 2. The van der Waals surface area contributed by atoms with Crippen LogP contribution in [0, 0.1) is 17.8 Å². The van der Waals surface area contributed by atoms with Gasteiger partial charge in [0.05, 0.1) is 7.11 Å². The number of allylic oxidation sites excluding steroid dienone is 1. The zero-order chi connectivity index (χ0) is 21.1. The van der Waals surface area contributed by atoms with Crippen molar-refractivity contribution in [1.29, 1.82) is 0 Å². The van der Waals surface area contributed by atoms with Crippen molar-refractivity contribution in [1.82, 2.24) is 0 Å². The number of methoxy groups -OCH3 is 1. The molecule has 0 aromatic heterocycles. The van der Waals surface area contributed by atoms with Gasteiger partial charge in [-0.05, 0) is 103 Å². The fourth-order valence-electron chi connectivity index (χ4n) is 5.72. The Morgan fingerprint density at radius 3 is 2.43 bits per heavy atom. The molecular weight excluding hydrogens is 367 g/mol. The fourth-order valence-corrected chi connectivity index (χ4v) is 5.72. The highest BCUT2D eigenvalue weighted by Gasteiger charge is 2.24. The lowest BCUT2D eigenvalue weighted by atomic mass is 9.75. The summed E-state index contributed by atoms with van der Waals surface area (Å²) in [7, 11) is 1.95. The van der Waals surface area contributed by atoms with Crippen LogP contribution in [-0.4, -0.2) is 19.6 Å². The predicted molar refractivity (Wildman–Crippen MR) is 128 cm³/mol. The van der Waals surface area contributed by atoms with Crippen molar-refractivity contribution in [2.24, 2.45) is 17.8 Å². The van der Waals surface area contributed by atoms with E-state index in [4.69, 9.17) is 4.74 Å². The van der Waals surface area contributed by atoms with E-state index in [-0.39, 0.29) is 7.48 Å². The van der Waals surface area contributed by atoms with E-state index < -0.39 is 0 Å². The summed E-state index contributed by atoms with van der Waals surface area (Å²) in [6.45, 7) is 4.83. The first-order valence-electron chi connectivity index (χ1n) is 11.7. The van der Waals surface area contributed by atoms with Gasteiger partial charge < -0.3 is 9.76 Å². The largest absolute Gasteiger partial charge is 0.496 e. The minimum absolute atomic E-state index is 0.168. The minimum atomic E-state index is 0.168.